The van der Waals surface area contributed by atoms with Gasteiger partial charge in [-0.2, -0.15) is 0 Å². The molecule has 7 nitrogen and oxygen atoms in total. The number of aryl methyl sites for hydroxylation is 1. The van der Waals surface area contributed by atoms with Gasteiger partial charge in [-0.15, -0.1) is 0 Å². The maximum atomic E-state index is 13.1. The lowest BCUT2D eigenvalue weighted by Crippen LogP contribution is -2.41. The number of pyridine rings is 1. The summed E-state index contributed by atoms with van der Waals surface area (Å²) in [6.45, 7) is 6.79. The molecule has 0 spiro atoms. The number of nitrogens with zero attached hydrogens (tertiary/aromatic N) is 1. The van der Waals surface area contributed by atoms with E-state index in [-0.39, 0.29) is 40.8 Å². The molecule has 0 radical (unpaired) electrons. The van der Waals surface area contributed by atoms with Gasteiger partial charge in [0.05, 0.1) is 11.3 Å². The Morgan fingerprint density at radius 3 is 2.31 bits per heavy atom. The zero-order chi connectivity index (χ0) is 27.9. The summed E-state index contributed by atoms with van der Waals surface area (Å²) < 4.78 is 7.12. The number of carbonyl (C=O) groups is 2. The number of ether oxygens (including phenoxy) is 1. The van der Waals surface area contributed by atoms with Gasteiger partial charge in [-0.25, -0.2) is 0 Å². The van der Waals surface area contributed by atoms with Crippen LogP contribution in [0, 0.1) is 12.8 Å². The fourth-order valence-electron chi connectivity index (χ4n) is 5.06. The molecule has 0 saturated heterocycles. The summed E-state index contributed by atoms with van der Waals surface area (Å²) in [7, 11) is 0. The monoisotopic (exact) mass is 529 g/mol. The maximum absolute atomic E-state index is 13.1. The first-order valence-electron chi connectivity index (χ1n) is 13.9. The third-order valence-corrected chi connectivity index (χ3v) is 7.26. The van der Waals surface area contributed by atoms with Crippen LogP contribution in [-0.4, -0.2) is 35.0 Å². The lowest BCUT2D eigenvalue weighted by Gasteiger charge is -2.22. The van der Waals surface area contributed by atoms with Crippen molar-refractivity contribution in [3.8, 4) is 5.69 Å². The van der Waals surface area contributed by atoms with Gasteiger partial charge in [-0.1, -0.05) is 55.8 Å². The number of anilines is 1. The second kappa shape index (κ2) is 12.9. The number of aromatic nitrogens is 1. The Kier molecular flexibility index (Phi) is 9.36. The lowest BCUT2D eigenvalue weighted by molar-refractivity contribution is -0.151. The van der Waals surface area contributed by atoms with Crippen molar-refractivity contribution in [3.05, 3.63) is 93.3 Å². The fraction of sp³-hybridized carbons (Fsp3) is 0.406. The van der Waals surface area contributed by atoms with Gasteiger partial charge in [0.15, 0.2) is 5.78 Å². The number of ketones is 1. The van der Waals surface area contributed by atoms with Gasteiger partial charge in [-0.3, -0.25) is 19.0 Å². The standard InChI is InChI=1S/C32H39N3O4/c1-21(2)20-28(32(38)39-26-6-4-5-7-26)34-19-18-23-10-14-25(15-11-23)35-29(36)17-16-27(31(35)33)30(37)24-12-8-22(3)9-13-24/h8-17,21,26,28,34H,4-7,18-20,33H2,1-3H3/t28-/m0/s1. The Labute approximate surface area is 230 Å². The van der Waals surface area contributed by atoms with Crippen LogP contribution in [0.15, 0.2) is 65.5 Å². The highest BCUT2D eigenvalue weighted by molar-refractivity contribution is 6.11. The lowest BCUT2D eigenvalue weighted by atomic mass is 10.0. The molecule has 1 fully saturated rings. The Morgan fingerprint density at radius 2 is 1.67 bits per heavy atom. The number of nitrogens with two attached hydrogens (primary N) is 1. The molecule has 1 aromatic heterocycles. The Balaban J connectivity index is 1.42. The van der Waals surface area contributed by atoms with Crippen LogP contribution in [0.1, 0.15) is 73.0 Å². The highest BCUT2D eigenvalue weighted by atomic mass is 16.5. The zero-order valence-electron chi connectivity index (χ0n) is 23.1. The van der Waals surface area contributed by atoms with Crippen molar-refractivity contribution in [3.63, 3.8) is 0 Å². The van der Waals surface area contributed by atoms with E-state index >= 15 is 0 Å². The third-order valence-electron chi connectivity index (χ3n) is 7.26. The molecular weight excluding hydrogens is 490 g/mol. The van der Waals surface area contributed by atoms with Gasteiger partial charge >= 0.3 is 5.97 Å². The van der Waals surface area contributed by atoms with Gasteiger partial charge in [0.25, 0.3) is 5.56 Å². The molecule has 206 valence electrons. The molecule has 4 rings (SSSR count). The first kappa shape index (κ1) is 28.3. The zero-order valence-corrected chi connectivity index (χ0v) is 23.1. The van der Waals surface area contributed by atoms with Crippen molar-refractivity contribution in [1.29, 1.82) is 0 Å². The van der Waals surface area contributed by atoms with Gasteiger partial charge < -0.3 is 15.8 Å². The van der Waals surface area contributed by atoms with Gasteiger partial charge in [0.1, 0.15) is 18.0 Å². The normalized spacial score (nSPS) is 14.5. The summed E-state index contributed by atoms with van der Waals surface area (Å²) in [5.41, 5.74) is 9.54. The second-order valence-corrected chi connectivity index (χ2v) is 10.9. The summed E-state index contributed by atoms with van der Waals surface area (Å²) in [6.07, 6.45) is 5.67. The predicted molar refractivity (Wildman–Crippen MR) is 154 cm³/mol. The number of hydrogen-bond acceptors (Lipinski definition) is 6. The molecule has 0 unspecified atom stereocenters. The quantitative estimate of drug-likeness (QED) is 0.268. The minimum atomic E-state index is -0.322. The van der Waals surface area contributed by atoms with E-state index in [4.69, 9.17) is 10.5 Å². The van der Waals surface area contributed by atoms with Crippen LogP contribution in [0.25, 0.3) is 5.69 Å². The number of benzene rings is 2. The third kappa shape index (κ3) is 7.24. The van der Waals surface area contributed by atoms with Crippen molar-refractivity contribution >= 4 is 17.6 Å². The van der Waals surface area contributed by atoms with Crippen LogP contribution in [-0.2, 0) is 16.0 Å². The molecule has 0 aliphatic heterocycles. The van der Waals surface area contributed by atoms with E-state index in [2.05, 4.69) is 19.2 Å². The van der Waals surface area contributed by atoms with Crippen molar-refractivity contribution in [2.75, 3.05) is 12.3 Å². The van der Waals surface area contributed by atoms with E-state index in [1.807, 2.05) is 43.3 Å². The Morgan fingerprint density at radius 1 is 1.00 bits per heavy atom. The van der Waals surface area contributed by atoms with E-state index in [1.165, 1.54) is 16.7 Å². The summed E-state index contributed by atoms with van der Waals surface area (Å²) >= 11 is 0. The molecule has 1 saturated carbocycles. The van der Waals surface area contributed by atoms with E-state index in [9.17, 15) is 14.4 Å². The van der Waals surface area contributed by atoms with Crippen LogP contribution >= 0.6 is 0 Å². The number of carbonyl (C=O) groups excluding carboxylic acids is 2. The first-order valence-corrected chi connectivity index (χ1v) is 13.9. The van der Waals surface area contributed by atoms with Crippen LogP contribution < -0.4 is 16.6 Å². The topological polar surface area (TPSA) is 103 Å². The second-order valence-electron chi connectivity index (χ2n) is 10.9. The Hall–Kier alpha value is -3.71. The smallest absolute Gasteiger partial charge is 0.323 e. The number of hydrogen-bond donors (Lipinski definition) is 2. The molecule has 7 heteroatoms. The van der Waals surface area contributed by atoms with Crippen LogP contribution in [0.5, 0.6) is 0 Å². The minimum Gasteiger partial charge on any atom is -0.461 e. The summed E-state index contributed by atoms with van der Waals surface area (Å²) in [5.74, 6) is 0.0994. The number of rotatable bonds is 11. The summed E-state index contributed by atoms with van der Waals surface area (Å²) in [5, 5.41) is 3.39. The molecule has 3 aromatic rings. The minimum absolute atomic E-state index is 0.0584. The van der Waals surface area contributed by atoms with Crippen molar-refractivity contribution in [2.24, 2.45) is 5.92 Å². The van der Waals surface area contributed by atoms with Crippen molar-refractivity contribution in [2.45, 2.75) is 71.4 Å². The van der Waals surface area contributed by atoms with Gasteiger partial charge in [0.2, 0.25) is 0 Å². The fourth-order valence-corrected chi connectivity index (χ4v) is 5.06. The first-order chi connectivity index (χ1) is 18.7. The molecule has 0 amide bonds. The van der Waals surface area contributed by atoms with Gasteiger partial charge in [-0.05, 0) is 81.7 Å². The molecule has 0 bridgehead atoms. The molecule has 1 atom stereocenters. The molecular formula is C32H39N3O4. The molecule has 1 aliphatic rings. The number of esters is 1. The SMILES string of the molecule is Cc1ccc(C(=O)c2ccc(=O)n(-c3ccc(CCN[C@@H](CC(C)C)C(=O)OC4CCCC4)cc3)c2N)cc1. The summed E-state index contributed by atoms with van der Waals surface area (Å²) in [4.78, 5) is 38.6. The highest BCUT2D eigenvalue weighted by Gasteiger charge is 2.26. The largest absolute Gasteiger partial charge is 0.461 e. The summed E-state index contributed by atoms with van der Waals surface area (Å²) in [6, 6.07) is 17.3. The molecule has 2 aromatic carbocycles. The molecule has 3 N–H and O–H groups in total. The van der Waals surface area contributed by atoms with E-state index in [0.717, 1.165) is 43.2 Å². The molecule has 1 heterocycles. The van der Waals surface area contributed by atoms with E-state index in [0.29, 0.717) is 30.1 Å². The highest BCUT2D eigenvalue weighted by Crippen LogP contribution is 2.22. The van der Waals surface area contributed by atoms with Gasteiger partial charge in [0, 0.05) is 11.6 Å². The van der Waals surface area contributed by atoms with Crippen molar-refractivity contribution in [1.82, 2.24) is 9.88 Å². The van der Waals surface area contributed by atoms with E-state index in [1.54, 1.807) is 12.1 Å². The van der Waals surface area contributed by atoms with Crippen molar-refractivity contribution < 1.29 is 14.3 Å². The van der Waals surface area contributed by atoms with Crippen LogP contribution in [0.4, 0.5) is 5.82 Å². The average Bonchev–Trinajstić information content (AvgIpc) is 3.42. The van der Waals surface area contributed by atoms with E-state index < -0.39 is 0 Å². The predicted octanol–water partition coefficient (Wildman–Crippen LogP) is 4.99. The average molecular weight is 530 g/mol. The van der Waals surface area contributed by atoms with Crippen LogP contribution in [0.2, 0.25) is 0 Å². The number of nitrogens with one attached hydrogen (secondary N) is 1. The Bertz CT molecular complexity index is 1340. The maximum Gasteiger partial charge on any atom is 0.323 e. The molecule has 1 aliphatic carbocycles. The molecule has 39 heavy (non-hydrogen) atoms. The van der Waals surface area contributed by atoms with Crippen LogP contribution in [0.3, 0.4) is 0 Å². The number of nitrogen functional groups attached to an aromatic ring is 1.